The number of carboxylic acids is 1. The Hall–Kier alpha value is -2.76. The van der Waals surface area contributed by atoms with Gasteiger partial charge in [0.25, 0.3) is 0 Å². The molecule has 0 spiro atoms. The lowest BCUT2D eigenvalue weighted by Gasteiger charge is -2.01. The van der Waals surface area contributed by atoms with E-state index in [2.05, 4.69) is 10.2 Å². The zero-order valence-corrected chi connectivity index (χ0v) is 10.0. The van der Waals surface area contributed by atoms with Gasteiger partial charge in [0.2, 0.25) is 0 Å². The zero-order valence-electron chi connectivity index (χ0n) is 10.0. The lowest BCUT2D eigenvalue weighted by molar-refractivity contribution is 0.0697. The van der Waals surface area contributed by atoms with Gasteiger partial charge in [-0.15, -0.1) is 0 Å². The number of nitrogens with zero attached hydrogens (tertiary/aromatic N) is 1. The monoisotopic (exact) mass is 274 g/mol. The van der Waals surface area contributed by atoms with E-state index in [4.69, 9.17) is 5.11 Å². The van der Waals surface area contributed by atoms with Gasteiger partial charge in [-0.2, -0.15) is 5.10 Å². The number of hydrogen-bond acceptors (Lipinski definition) is 2. The molecule has 3 rings (SSSR count). The number of rotatable bonds is 2. The Balaban J connectivity index is 2.22. The van der Waals surface area contributed by atoms with Crippen LogP contribution in [-0.4, -0.2) is 21.3 Å². The molecular weight excluding hydrogens is 266 g/mol. The van der Waals surface area contributed by atoms with Crippen molar-refractivity contribution in [1.29, 1.82) is 0 Å². The maximum absolute atomic E-state index is 13.8. The highest BCUT2D eigenvalue weighted by atomic mass is 19.1. The SMILES string of the molecule is O=C(O)c1ccc2c(-c3cc(F)ccc3F)n[nH]c2c1. The average Bonchev–Trinajstić information content (AvgIpc) is 2.84. The van der Waals surface area contributed by atoms with Gasteiger partial charge >= 0.3 is 5.97 Å². The molecule has 0 bridgehead atoms. The summed E-state index contributed by atoms with van der Waals surface area (Å²) in [5.74, 6) is -2.23. The maximum atomic E-state index is 13.8. The van der Waals surface area contributed by atoms with E-state index in [1.807, 2.05) is 0 Å². The van der Waals surface area contributed by atoms with E-state index >= 15 is 0 Å². The summed E-state index contributed by atoms with van der Waals surface area (Å²) in [4.78, 5) is 10.9. The Morgan fingerprint density at radius 3 is 2.70 bits per heavy atom. The van der Waals surface area contributed by atoms with Gasteiger partial charge < -0.3 is 5.11 Å². The van der Waals surface area contributed by atoms with Crippen molar-refractivity contribution in [3.8, 4) is 11.3 Å². The predicted molar refractivity (Wildman–Crippen MR) is 68.4 cm³/mol. The molecule has 0 aliphatic heterocycles. The van der Waals surface area contributed by atoms with Crippen molar-refractivity contribution in [3.05, 3.63) is 53.6 Å². The third kappa shape index (κ3) is 1.91. The molecule has 4 nitrogen and oxygen atoms in total. The van der Waals surface area contributed by atoms with Gasteiger partial charge in [0.1, 0.15) is 17.3 Å². The maximum Gasteiger partial charge on any atom is 0.335 e. The van der Waals surface area contributed by atoms with Crippen LogP contribution in [0.1, 0.15) is 10.4 Å². The number of H-pyrrole nitrogens is 1. The number of nitrogens with one attached hydrogen (secondary N) is 1. The fourth-order valence-corrected chi connectivity index (χ4v) is 2.04. The Labute approximate surface area is 111 Å². The van der Waals surface area contributed by atoms with Crippen LogP contribution in [-0.2, 0) is 0 Å². The summed E-state index contributed by atoms with van der Waals surface area (Å²) in [5.41, 5.74) is 0.809. The van der Waals surface area contributed by atoms with Crippen LogP contribution >= 0.6 is 0 Å². The van der Waals surface area contributed by atoms with E-state index in [0.717, 1.165) is 18.2 Å². The summed E-state index contributed by atoms with van der Waals surface area (Å²) in [7, 11) is 0. The van der Waals surface area contributed by atoms with E-state index in [0.29, 0.717) is 10.9 Å². The van der Waals surface area contributed by atoms with Gasteiger partial charge in [0, 0.05) is 10.9 Å². The van der Waals surface area contributed by atoms with Gasteiger partial charge in [0.05, 0.1) is 11.1 Å². The van der Waals surface area contributed by atoms with Crippen LogP contribution in [0.25, 0.3) is 22.2 Å². The summed E-state index contributed by atoms with van der Waals surface area (Å²) in [6, 6.07) is 7.40. The molecule has 0 fully saturated rings. The third-order valence-electron chi connectivity index (χ3n) is 2.99. The molecule has 6 heteroatoms. The van der Waals surface area contributed by atoms with Crippen molar-refractivity contribution in [3.63, 3.8) is 0 Å². The van der Waals surface area contributed by atoms with E-state index in [1.54, 1.807) is 0 Å². The Morgan fingerprint density at radius 2 is 1.95 bits per heavy atom. The summed E-state index contributed by atoms with van der Waals surface area (Å²) in [6.45, 7) is 0. The minimum Gasteiger partial charge on any atom is -0.478 e. The Kier molecular flexibility index (Phi) is 2.71. The first-order valence-corrected chi connectivity index (χ1v) is 5.73. The molecule has 0 aliphatic rings. The molecule has 3 aromatic rings. The number of carbonyl (C=O) groups is 1. The summed E-state index contributed by atoms with van der Waals surface area (Å²) in [6.07, 6.45) is 0. The van der Waals surface area contributed by atoms with Crippen LogP contribution in [0.5, 0.6) is 0 Å². The highest BCUT2D eigenvalue weighted by Gasteiger charge is 2.14. The molecule has 100 valence electrons. The highest BCUT2D eigenvalue weighted by Crippen LogP contribution is 2.29. The molecule has 1 aromatic heterocycles. The number of aromatic nitrogens is 2. The second kappa shape index (κ2) is 4.41. The molecule has 0 saturated carbocycles. The lowest BCUT2D eigenvalue weighted by atomic mass is 10.1. The minimum atomic E-state index is -1.07. The fourth-order valence-electron chi connectivity index (χ4n) is 2.04. The lowest BCUT2D eigenvalue weighted by Crippen LogP contribution is -1.94. The smallest absolute Gasteiger partial charge is 0.335 e. The van der Waals surface area contributed by atoms with Gasteiger partial charge in [-0.25, -0.2) is 13.6 Å². The molecule has 0 unspecified atom stereocenters. The van der Waals surface area contributed by atoms with Crippen LogP contribution in [0.4, 0.5) is 8.78 Å². The van der Waals surface area contributed by atoms with Crippen molar-refractivity contribution >= 4 is 16.9 Å². The first-order chi connectivity index (χ1) is 9.56. The molecule has 0 saturated heterocycles. The number of benzene rings is 2. The van der Waals surface area contributed by atoms with Gasteiger partial charge in [-0.3, -0.25) is 5.10 Å². The first kappa shape index (κ1) is 12.3. The van der Waals surface area contributed by atoms with Crippen LogP contribution in [0.2, 0.25) is 0 Å². The van der Waals surface area contributed by atoms with Crippen molar-refractivity contribution < 1.29 is 18.7 Å². The van der Waals surface area contributed by atoms with Crippen LogP contribution < -0.4 is 0 Å². The molecular formula is C14H8F2N2O2. The first-order valence-electron chi connectivity index (χ1n) is 5.73. The third-order valence-corrected chi connectivity index (χ3v) is 2.99. The van der Waals surface area contributed by atoms with E-state index in [1.165, 1.54) is 18.2 Å². The standard InChI is InChI=1S/C14H8F2N2O2/c15-8-2-4-11(16)10(6-8)13-9-3-1-7(14(19)20)5-12(9)17-18-13/h1-6H,(H,17,18)(H,19,20). The van der Waals surface area contributed by atoms with Crippen LogP contribution in [0, 0.1) is 11.6 Å². The number of carboxylic acid groups (broad SMARTS) is 1. The number of aromatic amines is 1. The molecule has 2 aromatic carbocycles. The number of aromatic carboxylic acids is 1. The van der Waals surface area contributed by atoms with E-state index < -0.39 is 17.6 Å². The summed E-state index contributed by atoms with van der Waals surface area (Å²) < 4.78 is 27.0. The van der Waals surface area contributed by atoms with Crippen LogP contribution in [0.15, 0.2) is 36.4 Å². The quantitative estimate of drug-likeness (QED) is 0.754. The largest absolute Gasteiger partial charge is 0.478 e. The normalized spacial score (nSPS) is 10.9. The van der Waals surface area contributed by atoms with Crippen LogP contribution in [0.3, 0.4) is 0 Å². The van der Waals surface area contributed by atoms with Crippen molar-refractivity contribution in [1.82, 2.24) is 10.2 Å². The summed E-state index contributed by atoms with van der Waals surface area (Å²) >= 11 is 0. The molecule has 20 heavy (non-hydrogen) atoms. The van der Waals surface area contributed by atoms with E-state index in [9.17, 15) is 13.6 Å². The van der Waals surface area contributed by atoms with Crippen molar-refractivity contribution in [2.45, 2.75) is 0 Å². The Bertz CT molecular complexity index is 827. The average molecular weight is 274 g/mol. The minimum absolute atomic E-state index is 0.0272. The molecule has 0 aliphatic carbocycles. The molecule has 2 N–H and O–H groups in total. The van der Waals surface area contributed by atoms with Gasteiger partial charge in [0.15, 0.2) is 0 Å². The second-order valence-electron chi connectivity index (χ2n) is 4.26. The number of halogens is 2. The zero-order chi connectivity index (χ0) is 14.3. The Morgan fingerprint density at radius 1 is 1.15 bits per heavy atom. The molecule has 0 atom stereocenters. The summed E-state index contributed by atoms with van der Waals surface area (Å²) in [5, 5.41) is 16.0. The number of hydrogen-bond donors (Lipinski definition) is 2. The highest BCUT2D eigenvalue weighted by molar-refractivity contribution is 5.98. The number of fused-ring (bicyclic) bond motifs is 1. The van der Waals surface area contributed by atoms with Crippen molar-refractivity contribution in [2.75, 3.05) is 0 Å². The molecule has 0 radical (unpaired) electrons. The second-order valence-corrected chi connectivity index (χ2v) is 4.26. The molecule has 1 heterocycles. The van der Waals surface area contributed by atoms with Gasteiger partial charge in [-0.05, 0) is 36.4 Å². The van der Waals surface area contributed by atoms with Crippen molar-refractivity contribution in [2.24, 2.45) is 0 Å². The van der Waals surface area contributed by atoms with Gasteiger partial charge in [-0.1, -0.05) is 0 Å². The fraction of sp³-hybridized carbons (Fsp3) is 0. The molecule has 0 amide bonds. The van der Waals surface area contributed by atoms with E-state index in [-0.39, 0.29) is 16.8 Å². The predicted octanol–water partition coefficient (Wildman–Crippen LogP) is 3.21. The topological polar surface area (TPSA) is 66.0 Å².